The number of aromatic amines is 1. The van der Waals surface area contributed by atoms with Crippen molar-refractivity contribution in [3.8, 4) is 0 Å². The van der Waals surface area contributed by atoms with Crippen molar-refractivity contribution >= 4 is 28.4 Å². The molecule has 3 aromatic rings. The molecule has 0 bridgehead atoms. The second-order valence-corrected chi connectivity index (χ2v) is 7.81. The fourth-order valence-corrected chi connectivity index (χ4v) is 4.39. The van der Waals surface area contributed by atoms with Gasteiger partial charge >= 0.3 is 5.97 Å². The van der Waals surface area contributed by atoms with Crippen molar-refractivity contribution in [3.63, 3.8) is 0 Å². The summed E-state index contributed by atoms with van der Waals surface area (Å²) in [5, 5.41) is 1.07. The molecule has 0 fully saturated rings. The van der Waals surface area contributed by atoms with E-state index in [1.807, 2.05) is 57.2 Å². The number of hydrogen-bond acceptors (Lipinski definition) is 3. The van der Waals surface area contributed by atoms with Crippen molar-refractivity contribution in [1.82, 2.24) is 9.88 Å². The molecule has 1 N–H and O–H groups in total. The molecule has 1 aliphatic rings. The molecule has 0 aliphatic carbocycles. The van der Waals surface area contributed by atoms with Crippen molar-refractivity contribution in [2.24, 2.45) is 0 Å². The predicted molar refractivity (Wildman–Crippen MR) is 118 cm³/mol. The number of amides is 1. The monoisotopic (exact) mass is 402 g/mol. The average Bonchev–Trinajstić information content (AvgIpc) is 2.94. The minimum absolute atomic E-state index is 0.0961. The number of hydrogen-bond donors (Lipinski definition) is 1. The van der Waals surface area contributed by atoms with Crippen molar-refractivity contribution in [2.45, 2.75) is 34.1 Å². The molecule has 154 valence electrons. The second-order valence-electron chi connectivity index (χ2n) is 7.81. The van der Waals surface area contributed by atoms with Gasteiger partial charge in [0.05, 0.1) is 17.9 Å². The zero-order valence-corrected chi connectivity index (χ0v) is 17.8. The van der Waals surface area contributed by atoms with Crippen LogP contribution in [0.15, 0.2) is 42.6 Å². The summed E-state index contributed by atoms with van der Waals surface area (Å²) < 4.78 is 5.32. The topological polar surface area (TPSA) is 62.4 Å². The first-order chi connectivity index (χ1) is 14.4. The van der Waals surface area contributed by atoms with E-state index in [2.05, 4.69) is 4.98 Å². The van der Waals surface area contributed by atoms with E-state index >= 15 is 0 Å². The van der Waals surface area contributed by atoms with Gasteiger partial charge in [0.1, 0.15) is 0 Å². The molecule has 2 aromatic carbocycles. The molecular formula is C25H26N2O3. The Morgan fingerprint density at radius 1 is 1.10 bits per heavy atom. The molecule has 30 heavy (non-hydrogen) atoms. The number of nitrogens with one attached hydrogen (secondary N) is 1. The second kappa shape index (κ2) is 7.82. The molecule has 1 aromatic heterocycles. The minimum atomic E-state index is -0.428. The summed E-state index contributed by atoms with van der Waals surface area (Å²) >= 11 is 0. The van der Waals surface area contributed by atoms with Crippen LogP contribution in [0.1, 0.15) is 45.2 Å². The summed E-state index contributed by atoms with van der Waals surface area (Å²) in [6.07, 6.45) is 2.30. The first kappa shape index (κ1) is 20.0. The number of nitrogens with zero attached hydrogens (tertiary/aromatic N) is 1. The maximum absolute atomic E-state index is 13.5. The smallest absolute Gasteiger partial charge is 0.341 e. The molecule has 1 aliphatic heterocycles. The van der Waals surface area contributed by atoms with Gasteiger partial charge in [-0.25, -0.2) is 4.79 Å². The van der Waals surface area contributed by atoms with Crippen molar-refractivity contribution in [2.75, 3.05) is 13.2 Å². The lowest BCUT2D eigenvalue weighted by atomic mass is 9.98. The third-order valence-corrected chi connectivity index (χ3v) is 5.62. The highest BCUT2D eigenvalue weighted by Crippen LogP contribution is 2.32. The van der Waals surface area contributed by atoms with Gasteiger partial charge < -0.3 is 14.6 Å². The fraction of sp³-hybridized carbons (Fsp3) is 0.280. The molecule has 2 heterocycles. The Morgan fingerprint density at radius 2 is 1.80 bits per heavy atom. The van der Waals surface area contributed by atoms with E-state index in [0.717, 1.165) is 38.9 Å². The van der Waals surface area contributed by atoms with E-state index in [0.29, 0.717) is 24.1 Å². The van der Waals surface area contributed by atoms with Crippen LogP contribution in [0.5, 0.6) is 0 Å². The number of para-hydroxylation sites is 1. The summed E-state index contributed by atoms with van der Waals surface area (Å²) in [5.41, 5.74) is 6.84. The molecule has 0 saturated heterocycles. The van der Waals surface area contributed by atoms with Crippen LogP contribution in [0, 0.1) is 20.8 Å². The van der Waals surface area contributed by atoms with Crippen LogP contribution < -0.4 is 0 Å². The molecule has 0 radical (unpaired) electrons. The Hall–Kier alpha value is -3.34. The minimum Gasteiger partial charge on any atom is -0.462 e. The van der Waals surface area contributed by atoms with Gasteiger partial charge in [-0.15, -0.1) is 0 Å². The zero-order chi connectivity index (χ0) is 21.4. The number of aromatic nitrogens is 1. The van der Waals surface area contributed by atoms with Gasteiger partial charge in [-0.05, 0) is 56.9 Å². The Balaban J connectivity index is 1.82. The zero-order valence-electron chi connectivity index (χ0n) is 17.8. The summed E-state index contributed by atoms with van der Waals surface area (Å²) in [6, 6.07) is 12.0. The van der Waals surface area contributed by atoms with E-state index < -0.39 is 5.97 Å². The summed E-state index contributed by atoms with van der Waals surface area (Å²) in [6.45, 7) is 8.48. The molecule has 4 rings (SSSR count). The number of fused-ring (bicyclic) bond motifs is 3. The first-order valence-electron chi connectivity index (χ1n) is 10.3. The number of H-pyrrole nitrogens is 1. The molecule has 0 atom stereocenters. The summed E-state index contributed by atoms with van der Waals surface area (Å²) in [4.78, 5) is 31.3. The summed E-state index contributed by atoms with van der Waals surface area (Å²) in [5.74, 6) is -0.524. The number of carbonyl (C=O) groups is 2. The normalized spacial score (nSPS) is 13.6. The standard InChI is InChI=1S/C25H26N2O3/c1-5-30-25(29)20-14-27(24(28)22-16(3)12-15(2)13-17(22)4)11-10-19-18-8-6-7-9-21(18)26-23(19)20/h6-9,12-14,26H,5,10-11H2,1-4H3. The van der Waals surface area contributed by atoms with Gasteiger partial charge in [-0.1, -0.05) is 35.9 Å². The van der Waals surface area contributed by atoms with Crippen LogP contribution in [0.2, 0.25) is 0 Å². The fourth-order valence-electron chi connectivity index (χ4n) is 4.39. The van der Waals surface area contributed by atoms with Gasteiger partial charge in [0.25, 0.3) is 5.91 Å². The van der Waals surface area contributed by atoms with Gasteiger partial charge in [-0.2, -0.15) is 0 Å². The van der Waals surface area contributed by atoms with Gasteiger partial charge in [0, 0.05) is 29.2 Å². The lowest BCUT2D eigenvalue weighted by molar-refractivity contribution is -0.136. The highest BCUT2D eigenvalue weighted by Gasteiger charge is 2.28. The highest BCUT2D eigenvalue weighted by molar-refractivity contribution is 6.18. The Morgan fingerprint density at radius 3 is 2.50 bits per heavy atom. The largest absolute Gasteiger partial charge is 0.462 e. The van der Waals surface area contributed by atoms with Crippen LogP contribution in [0.4, 0.5) is 0 Å². The molecule has 5 nitrogen and oxygen atoms in total. The molecule has 1 amide bonds. The maximum atomic E-state index is 13.5. The highest BCUT2D eigenvalue weighted by atomic mass is 16.5. The van der Waals surface area contributed by atoms with E-state index in [1.165, 1.54) is 0 Å². The van der Waals surface area contributed by atoms with Crippen LogP contribution in [-0.4, -0.2) is 34.9 Å². The number of ether oxygens (including phenoxy) is 1. The van der Waals surface area contributed by atoms with Crippen molar-refractivity contribution in [3.05, 3.63) is 76.1 Å². The van der Waals surface area contributed by atoms with Gasteiger partial charge in [-0.3, -0.25) is 4.79 Å². The average molecular weight is 402 g/mol. The lowest BCUT2D eigenvalue weighted by Gasteiger charge is -2.20. The molecule has 0 saturated carbocycles. The summed E-state index contributed by atoms with van der Waals surface area (Å²) in [7, 11) is 0. The van der Waals surface area contributed by atoms with Crippen LogP contribution in [-0.2, 0) is 16.0 Å². The van der Waals surface area contributed by atoms with Crippen LogP contribution >= 0.6 is 0 Å². The Labute approximate surface area is 176 Å². The number of carbonyl (C=O) groups excluding carboxylic acids is 2. The number of esters is 1. The van der Waals surface area contributed by atoms with E-state index in [-0.39, 0.29) is 12.5 Å². The first-order valence-corrected chi connectivity index (χ1v) is 10.3. The van der Waals surface area contributed by atoms with Crippen molar-refractivity contribution < 1.29 is 14.3 Å². The Kier molecular flexibility index (Phi) is 5.20. The van der Waals surface area contributed by atoms with E-state index in [4.69, 9.17) is 4.74 Å². The van der Waals surface area contributed by atoms with Crippen LogP contribution in [0.3, 0.4) is 0 Å². The van der Waals surface area contributed by atoms with Crippen LogP contribution in [0.25, 0.3) is 16.5 Å². The van der Waals surface area contributed by atoms with E-state index in [1.54, 1.807) is 18.0 Å². The molecular weight excluding hydrogens is 376 g/mol. The molecule has 0 unspecified atom stereocenters. The molecule has 5 heteroatoms. The lowest BCUT2D eigenvalue weighted by Crippen LogP contribution is -2.29. The predicted octanol–water partition coefficient (Wildman–Crippen LogP) is 4.70. The van der Waals surface area contributed by atoms with Gasteiger partial charge in [0.15, 0.2) is 0 Å². The van der Waals surface area contributed by atoms with Crippen molar-refractivity contribution in [1.29, 1.82) is 0 Å². The third-order valence-electron chi connectivity index (χ3n) is 5.62. The number of aryl methyl sites for hydroxylation is 3. The number of rotatable bonds is 3. The SMILES string of the molecule is CCOC(=O)C1=CN(C(=O)c2c(C)cc(C)cc2C)CCc2c1[nH]c1ccccc21. The molecule has 0 spiro atoms. The third kappa shape index (κ3) is 3.41. The van der Waals surface area contributed by atoms with Gasteiger partial charge in [0.2, 0.25) is 0 Å². The Bertz CT molecular complexity index is 1160. The quantitative estimate of drug-likeness (QED) is 0.646. The van der Waals surface area contributed by atoms with E-state index in [9.17, 15) is 9.59 Å². The maximum Gasteiger partial charge on any atom is 0.341 e. The number of benzene rings is 2.